The van der Waals surface area contributed by atoms with E-state index < -0.39 is 43.4 Å². The smallest absolute Gasteiger partial charge is 0.306 e. The van der Waals surface area contributed by atoms with E-state index >= 15 is 0 Å². The number of carbonyl (C=O) groups is 1. The van der Waals surface area contributed by atoms with Crippen LogP contribution in [0.1, 0.15) is 245 Å². The first kappa shape index (κ1) is 56.9. The number of allylic oxidation sites excluding steroid dienone is 2. The van der Waals surface area contributed by atoms with Crippen LogP contribution in [0.3, 0.4) is 0 Å². The number of ether oxygens (including phenoxy) is 4. The number of hydrogen-bond acceptors (Lipinski definition) is 9. The first-order valence-corrected chi connectivity index (χ1v) is 25.8. The van der Waals surface area contributed by atoms with E-state index in [9.17, 15) is 25.2 Å². The van der Waals surface area contributed by atoms with Crippen molar-refractivity contribution in [2.24, 2.45) is 0 Å². The van der Waals surface area contributed by atoms with Gasteiger partial charge in [-0.25, -0.2) is 0 Å². The van der Waals surface area contributed by atoms with Crippen molar-refractivity contribution in [2.45, 2.75) is 282 Å². The topological polar surface area (TPSA) is 135 Å². The average Bonchev–Trinajstić information content (AvgIpc) is 3.25. The van der Waals surface area contributed by atoms with Crippen molar-refractivity contribution < 1.29 is 44.2 Å². The molecule has 9 nitrogen and oxygen atoms in total. The molecule has 1 rings (SSSR count). The zero-order valence-corrected chi connectivity index (χ0v) is 39.2. The summed E-state index contributed by atoms with van der Waals surface area (Å²) in [6.45, 7) is 4.60. The van der Waals surface area contributed by atoms with Crippen LogP contribution in [0.25, 0.3) is 0 Å². The third-order valence-corrected chi connectivity index (χ3v) is 12.2. The predicted molar refractivity (Wildman–Crippen MR) is 247 cm³/mol. The lowest BCUT2D eigenvalue weighted by Gasteiger charge is -2.39. The van der Waals surface area contributed by atoms with Gasteiger partial charge in [0.1, 0.15) is 30.5 Å². The Morgan fingerprint density at radius 2 is 0.917 bits per heavy atom. The maximum atomic E-state index is 12.8. The Bertz CT molecular complexity index is 930. The summed E-state index contributed by atoms with van der Waals surface area (Å²) in [5.41, 5.74) is 0. The Labute approximate surface area is 369 Å². The zero-order valence-electron chi connectivity index (χ0n) is 39.2. The van der Waals surface area contributed by atoms with E-state index in [0.29, 0.717) is 13.0 Å². The summed E-state index contributed by atoms with van der Waals surface area (Å²) in [7, 11) is 0. The van der Waals surface area contributed by atoms with Gasteiger partial charge in [0.2, 0.25) is 0 Å². The van der Waals surface area contributed by atoms with E-state index in [-0.39, 0.29) is 19.2 Å². The summed E-state index contributed by atoms with van der Waals surface area (Å²) in [5.74, 6) is -0.308. The van der Waals surface area contributed by atoms with Gasteiger partial charge in [-0.2, -0.15) is 0 Å². The van der Waals surface area contributed by atoms with E-state index in [1.165, 1.54) is 193 Å². The predicted octanol–water partition coefficient (Wildman–Crippen LogP) is 12.4. The van der Waals surface area contributed by atoms with Gasteiger partial charge in [0.05, 0.1) is 19.8 Å². The molecule has 0 spiro atoms. The molecule has 0 saturated carbocycles. The highest BCUT2D eigenvalue weighted by atomic mass is 16.7. The summed E-state index contributed by atoms with van der Waals surface area (Å²) in [5, 5.41) is 40.2. The average molecular weight is 855 g/mol. The van der Waals surface area contributed by atoms with Crippen LogP contribution in [0.2, 0.25) is 0 Å². The standard InChI is InChI=1S/C51H98O9/c1-3-5-7-9-11-13-15-17-19-21-23-24-26-28-30-32-34-36-38-40-47(53)59-45(44-58-51-50(56)49(55)48(54)46(42-52)60-51)43-57-41-39-37-35-33-31-29-27-25-22-20-18-16-14-12-10-8-6-4-2/h18,20,45-46,48-52,54-56H,3-17,19,21-44H2,1-2H3/b20-18-. The van der Waals surface area contributed by atoms with E-state index in [2.05, 4.69) is 26.0 Å². The lowest BCUT2D eigenvalue weighted by molar-refractivity contribution is -0.305. The molecule has 4 N–H and O–H groups in total. The van der Waals surface area contributed by atoms with Gasteiger partial charge in [-0.1, -0.05) is 212 Å². The fourth-order valence-electron chi connectivity index (χ4n) is 8.14. The summed E-state index contributed by atoms with van der Waals surface area (Å²) in [4.78, 5) is 12.8. The SMILES string of the molecule is CCCCCCCC/C=C\CCCCCCCCCCOCC(COC1OC(CO)C(O)C(O)C1O)OC(=O)CCCCCCCCCCCCCCCCCCCCC. The van der Waals surface area contributed by atoms with Gasteiger partial charge >= 0.3 is 5.97 Å². The summed E-state index contributed by atoms with van der Waals surface area (Å²) in [6, 6.07) is 0. The molecule has 356 valence electrons. The van der Waals surface area contributed by atoms with Gasteiger partial charge in [-0.05, 0) is 38.5 Å². The molecular formula is C51H98O9. The lowest BCUT2D eigenvalue weighted by Crippen LogP contribution is -2.59. The number of esters is 1. The van der Waals surface area contributed by atoms with Crippen LogP contribution in [0.4, 0.5) is 0 Å². The molecule has 6 unspecified atom stereocenters. The highest BCUT2D eigenvalue weighted by molar-refractivity contribution is 5.69. The van der Waals surface area contributed by atoms with Gasteiger partial charge in [-0.15, -0.1) is 0 Å². The minimum absolute atomic E-state index is 0.109. The minimum atomic E-state index is -1.53. The molecular weight excluding hydrogens is 757 g/mol. The van der Waals surface area contributed by atoms with Crippen molar-refractivity contribution in [3.05, 3.63) is 12.2 Å². The summed E-state index contributed by atoms with van der Waals surface area (Å²) < 4.78 is 22.9. The van der Waals surface area contributed by atoms with Crippen LogP contribution >= 0.6 is 0 Å². The van der Waals surface area contributed by atoms with Crippen molar-refractivity contribution in [1.82, 2.24) is 0 Å². The van der Waals surface area contributed by atoms with Crippen molar-refractivity contribution >= 4 is 5.97 Å². The van der Waals surface area contributed by atoms with Crippen molar-refractivity contribution in [3.63, 3.8) is 0 Å². The molecule has 0 aromatic heterocycles. The van der Waals surface area contributed by atoms with Gasteiger partial charge in [0.15, 0.2) is 6.29 Å². The third-order valence-electron chi connectivity index (χ3n) is 12.2. The molecule has 1 heterocycles. The second kappa shape index (κ2) is 43.2. The van der Waals surface area contributed by atoms with Crippen LogP contribution in [0.15, 0.2) is 12.2 Å². The normalized spacial score (nSPS) is 20.0. The Morgan fingerprint density at radius 1 is 0.517 bits per heavy atom. The Kier molecular flexibility index (Phi) is 41.0. The molecule has 0 aromatic rings. The maximum Gasteiger partial charge on any atom is 0.306 e. The molecule has 0 aromatic carbocycles. The lowest BCUT2D eigenvalue weighted by atomic mass is 9.99. The molecule has 1 fully saturated rings. The van der Waals surface area contributed by atoms with Gasteiger partial charge < -0.3 is 39.4 Å². The Balaban J connectivity index is 2.19. The monoisotopic (exact) mass is 855 g/mol. The zero-order chi connectivity index (χ0) is 43.6. The van der Waals surface area contributed by atoms with E-state index in [1.54, 1.807) is 0 Å². The number of aliphatic hydroxyl groups excluding tert-OH is 4. The Morgan fingerprint density at radius 3 is 1.35 bits per heavy atom. The maximum absolute atomic E-state index is 12.8. The second-order valence-corrected chi connectivity index (χ2v) is 18.0. The fourth-order valence-corrected chi connectivity index (χ4v) is 8.14. The molecule has 0 amide bonds. The molecule has 1 saturated heterocycles. The van der Waals surface area contributed by atoms with Gasteiger partial charge in [-0.3, -0.25) is 4.79 Å². The van der Waals surface area contributed by atoms with Crippen molar-refractivity contribution in [1.29, 1.82) is 0 Å². The van der Waals surface area contributed by atoms with Crippen LogP contribution in [0.5, 0.6) is 0 Å². The number of unbranched alkanes of at least 4 members (excludes halogenated alkanes) is 32. The highest BCUT2D eigenvalue weighted by Gasteiger charge is 2.44. The minimum Gasteiger partial charge on any atom is -0.457 e. The van der Waals surface area contributed by atoms with Crippen LogP contribution in [-0.2, 0) is 23.7 Å². The molecule has 0 aliphatic carbocycles. The summed E-state index contributed by atoms with van der Waals surface area (Å²) >= 11 is 0. The van der Waals surface area contributed by atoms with E-state index in [4.69, 9.17) is 18.9 Å². The number of carbonyl (C=O) groups excluding carboxylic acids is 1. The molecule has 0 radical (unpaired) electrons. The quantitative estimate of drug-likeness (QED) is 0.0268. The van der Waals surface area contributed by atoms with Crippen molar-refractivity contribution in [3.8, 4) is 0 Å². The first-order chi connectivity index (χ1) is 29.4. The summed E-state index contributed by atoms with van der Waals surface area (Å²) in [6.07, 6.45) is 42.4. The molecule has 1 aliphatic heterocycles. The Hall–Kier alpha value is -1.07. The number of aliphatic hydroxyl groups is 4. The molecule has 0 bridgehead atoms. The van der Waals surface area contributed by atoms with Crippen LogP contribution < -0.4 is 0 Å². The second-order valence-electron chi connectivity index (χ2n) is 18.0. The van der Waals surface area contributed by atoms with Crippen LogP contribution in [0, 0.1) is 0 Å². The molecule has 1 aliphatic rings. The molecule has 9 heteroatoms. The number of rotatable bonds is 45. The number of hydrogen-bond donors (Lipinski definition) is 4. The molecule has 60 heavy (non-hydrogen) atoms. The highest BCUT2D eigenvalue weighted by Crippen LogP contribution is 2.23. The van der Waals surface area contributed by atoms with E-state index in [1.807, 2.05) is 0 Å². The van der Waals surface area contributed by atoms with Gasteiger partial charge in [0, 0.05) is 13.0 Å². The van der Waals surface area contributed by atoms with Crippen molar-refractivity contribution in [2.75, 3.05) is 26.4 Å². The molecule has 6 atom stereocenters. The van der Waals surface area contributed by atoms with E-state index in [0.717, 1.165) is 32.1 Å². The fraction of sp³-hybridized carbons (Fsp3) is 0.941. The van der Waals surface area contributed by atoms with Crippen LogP contribution in [-0.4, -0.2) is 89.6 Å². The third kappa shape index (κ3) is 33.5. The van der Waals surface area contributed by atoms with Gasteiger partial charge in [0.25, 0.3) is 0 Å². The first-order valence-electron chi connectivity index (χ1n) is 25.8. The largest absolute Gasteiger partial charge is 0.457 e.